The molecule has 3 aromatic rings. The summed E-state index contributed by atoms with van der Waals surface area (Å²) in [6.45, 7) is 6.79. The van der Waals surface area contributed by atoms with E-state index in [1.807, 2.05) is 0 Å². The topological polar surface area (TPSA) is 0 Å². The van der Waals surface area contributed by atoms with Gasteiger partial charge in [-0.2, -0.15) is 0 Å². The van der Waals surface area contributed by atoms with Gasteiger partial charge in [-0.15, -0.1) is 0 Å². The Kier molecular flexibility index (Phi) is 5.22. The molecular formula is C21H21HfI. The molecule has 0 saturated carbocycles. The Hall–Kier alpha value is -0.740. The molecule has 0 aromatic heterocycles. The Morgan fingerprint density at radius 1 is 0.522 bits per heavy atom. The first-order chi connectivity index (χ1) is 11.0. The van der Waals surface area contributed by atoms with Gasteiger partial charge in [0, 0.05) is 0 Å². The SMILES string of the molecule is Cc1cccc[c]1[Hf]([I])([c]1ccccc1C)[c]1ccccc1C. The number of aryl methyl sites for hydroxylation is 3. The van der Waals surface area contributed by atoms with E-state index in [-0.39, 0.29) is 0 Å². The molecule has 0 spiro atoms. The van der Waals surface area contributed by atoms with Gasteiger partial charge in [-0.3, -0.25) is 0 Å². The fourth-order valence-electron chi connectivity index (χ4n) is 3.31. The molecule has 3 aromatic carbocycles. The number of hydrogen-bond acceptors (Lipinski definition) is 0. The zero-order chi connectivity index (χ0) is 16.4. The third-order valence-electron chi connectivity index (χ3n) is 4.55. The van der Waals surface area contributed by atoms with E-state index < -0.39 is 15.8 Å². The van der Waals surface area contributed by atoms with Gasteiger partial charge in [-0.1, -0.05) is 0 Å². The van der Waals surface area contributed by atoms with Crippen molar-refractivity contribution in [2.24, 2.45) is 0 Å². The average Bonchev–Trinajstić information content (AvgIpc) is 2.55. The van der Waals surface area contributed by atoms with Crippen molar-refractivity contribution in [3.63, 3.8) is 0 Å². The van der Waals surface area contributed by atoms with Crippen molar-refractivity contribution in [2.75, 3.05) is 0 Å². The van der Waals surface area contributed by atoms with Crippen LogP contribution in [0.4, 0.5) is 0 Å². The van der Waals surface area contributed by atoms with E-state index in [1.165, 1.54) is 16.7 Å². The van der Waals surface area contributed by atoms with Crippen molar-refractivity contribution < 1.29 is 15.8 Å². The number of hydrogen-bond donors (Lipinski definition) is 0. The van der Waals surface area contributed by atoms with Gasteiger partial charge in [0.1, 0.15) is 0 Å². The summed E-state index contributed by atoms with van der Waals surface area (Å²) in [5.74, 6) is 0. The van der Waals surface area contributed by atoms with E-state index in [0.717, 1.165) is 0 Å². The Morgan fingerprint density at radius 2 is 0.783 bits per heavy atom. The minimum atomic E-state index is -3.16. The van der Waals surface area contributed by atoms with E-state index in [1.54, 1.807) is 9.96 Å². The average molecular weight is 579 g/mol. The first kappa shape index (κ1) is 17.1. The molecule has 116 valence electrons. The summed E-state index contributed by atoms with van der Waals surface area (Å²) >= 11 is -0.286. The summed E-state index contributed by atoms with van der Waals surface area (Å²) in [6, 6.07) is 26.9. The Bertz CT molecular complexity index is 728. The van der Waals surface area contributed by atoms with Crippen LogP contribution in [0, 0.1) is 20.8 Å². The van der Waals surface area contributed by atoms with Crippen LogP contribution in [0.15, 0.2) is 72.8 Å². The van der Waals surface area contributed by atoms with Gasteiger partial charge in [-0.05, 0) is 0 Å². The Labute approximate surface area is 153 Å². The number of halogens is 1. The van der Waals surface area contributed by atoms with Crippen LogP contribution in [-0.2, 0) is 15.8 Å². The van der Waals surface area contributed by atoms with Crippen molar-refractivity contribution in [1.82, 2.24) is 0 Å². The first-order valence-corrected chi connectivity index (χ1v) is 23.5. The van der Waals surface area contributed by atoms with E-state index >= 15 is 0 Å². The van der Waals surface area contributed by atoms with Crippen LogP contribution in [0.3, 0.4) is 0 Å². The van der Waals surface area contributed by atoms with Crippen molar-refractivity contribution in [2.45, 2.75) is 20.8 Å². The van der Waals surface area contributed by atoms with E-state index in [2.05, 4.69) is 112 Å². The first-order valence-electron chi connectivity index (χ1n) is 7.92. The molecule has 0 bridgehead atoms. The van der Waals surface area contributed by atoms with Gasteiger partial charge in [0.15, 0.2) is 0 Å². The quantitative estimate of drug-likeness (QED) is 0.320. The molecule has 0 N–H and O–H groups in total. The van der Waals surface area contributed by atoms with Crippen LogP contribution in [0.5, 0.6) is 0 Å². The van der Waals surface area contributed by atoms with E-state index in [0.29, 0.717) is 0 Å². The Morgan fingerprint density at radius 3 is 1.04 bits per heavy atom. The molecular weight excluding hydrogens is 558 g/mol. The van der Waals surface area contributed by atoms with E-state index in [9.17, 15) is 0 Å². The second kappa shape index (κ2) is 7.02. The predicted octanol–water partition coefficient (Wildman–Crippen LogP) is 4.39. The van der Waals surface area contributed by atoms with Crippen LogP contribution >= 0.6 is 18.1 Å². The third-order valence-corrected chi connectivity index (χ3v) is 32.9. The molecule has 0 saturated heterocycles. The monoisotopic (exact) mass is 580 g/mol. The zero-order valence-electron chi connectivity index (χ0n) is 13.8. The summed E-state index contributed by atoms with van der Waals surface area (Å²) in [5, 5.41) is 0. The van der Waals surface area contributed by atoms with Crippen LogP contribution in [0.2, 0.25) is 0 Å². The molecule has 0 nitrogen and oxygen atoms in total. The summed E-state index contributed by atoms with van der Waals surface area (Å²) < 4.78 is 4.76. The van der Waals surface area contributed by atoms with Crippen molar-refractivity contribution in [1.29, 1.82) is 0 Å². The Balaban J connectivity index is 2.38. The molecule has 0 aliphatic heterocycles. The molecule has 0 aliphatic carbocycles. The molecule has 0 radical (unpaired) electrons. The molecule has 0 fully saturated rings. The number of rotatable bonds is 3. The standard InChI is InChI=1S/3C7H7.Hf.HI/c3*1-7-5-3-2-4-6-7;;/h3*2-5H,1H3;;1H/q;;;+1;/p-1. The molecule has 0 aliphatic rings. The van der Waals surface area contributed by atoms with Gasteiger partial charge in [-0.25, -0.2) is 0 Å². The van der Waals surface area contributed by atoms with Crippen LogP contribution in [0.25, 0.3) is 0 Å². The maximum atomic E-state index is 2.87. The molecule has 0 heterocycles. The van der Waals surface area contributed by atoms with Gasteiger partial charge < -0.3 is 0 Å². The van der Waals surface area contributed by atoms with Crippen molar-refractivity contribution in [3.05, 3.63) is 89.5 Å². The molecule has 0 atom stereocenters. The molecule has 23 heavy (non-hydrogen) atoms. The van der Waals surface area contributed by atoms with E-state index in [4.69, 9.17) is 0 Å². The third kappa shape index (κ3) is 3.12. The summed E-state index contributed by atoms with van der Waals surface area (Å²) in [4.78, 5) is 0. The van der Waals surface area contributed by atoms with Crippen molar-refractivity contribution in [3.8, 4) is 0 Å². The minimum absolute atomic E-state index is 1.43. The molecule has 0 unspecified atom stereocenters. The van der Waals surface area contributed by atoms with Gasteiger partial charge >= 0.3 is 154 Å². The summed E-state index contributed by atoms with van der Waals surface area (Å²) in [7, 11) is 0. The van der Waals surface area contributed by atoms with Crippen LogP contribution < -0.4 is 9.96 Å². The predicted molar refractivity (Wildman–Crippen MR) is 106 cm³/mol. The second-order valence-electron chi connectivity index (χ2n) is 6.10. The van der Waals surface area contributed by atoms with Gasteiger partial charge in [0.2, 0.25) is 0 Å². The van der Waals surface area contributed by atoms with Crippen molar-refractivity contribution >= 4 is 28.1 Å². The van der Waals surface area contributed by atoms with Gasteiger partial charge in [0.25, 0.3) is 0 Å². The second-order valence-corrected chi connectivity index (χ2v) is 29.9. The molecule has 0 amide bonds. The fraction of sp³-hybridized carbons (Fsp3) is 0.143. The zero-order valence-corrected chi connectivity index (χ0v) is 19.6. The fourth-order valence-corrected chi connectivity index (χ4v) is 31.6. The number of benzene rings is 3. The summed E-state index contributed by atoms with van der Waals surface area (Å²) in [6.07, 6.45) is 0. The maximum absolute atomic E-state index is 3.16. The van der Waals surface area contributed by atoms with Gasteiger partial charge in [0.05, 0.1) is 0 Å². The normalized spacial score (nSPS) is 11.5. The molecule has 2 heteroatoms. The molecule has 3 rings (SSSR count). The van der Waals surface area contributed by atoms with Crippen LogP contribution in [-0.4, -0.2) is 0 Å². The summed E-state index contributed by atoms with van der Waals surface area (Å²) in [5.41, 5.74) is 4.28. The van der Waals surface area contributed by atoms with Crippen LogP contribution in [0.1, 0.15) is 16.7 Å².